The molecule has 8 nitrogen and oxygen atoms in total. The molecule has 0 amide bonds. The van der Waals surface area contributed by atoms with Crippen LogP contribution in [0.1, 0.15) is 57.6 Å². The second-order valence-corrected chi connectivity index (χ2v) is 8.72. The molecule has 0 saturated heterocycles. The van der Waals surface area contributed by atoms with E-state index in [-0.39, 0.29) is 6.61 Å². The largest absolute Gasteiger partial charge is 0.396 e. The summed E-state index contributed by atoms with van der Waals surface area (Å²) in [7, 11) is 0. The third-order valence-corrected chi connectivity index (χ3v) is 6.02. The van der Waals surface area contributed by atoms with E-state index in [9.17, 15) is 0 Å². The highest BCUT2D eigenvalue weighted by atomic mass is 32.1. The molecular formula is C22H35N7OS. The molecule has 3 heterocycles. The van der Waals surface area contributed by atoms with Gasteiger partial charge in [0.15, 0.2) is 5.82 Å². The van der Waals surface area contributed by atoms with E-state index in [4.69, 9.17) is 20.8 Å². The molecule has 0 spiro atoms. The molecule has 1 fully saturated rings. The Morgan fingerprint density at radius 1 is 1.23 bits per heavy atom. The number of nitrogens with one attached hydrogen (secondary N) is 2. The Labute approximate surface area is 188 Å². The van der Waals surface area contributed by atoms with E-state index < -0.39 is 0 Å². The molecule has 0 aliphatic heterocycles. The number of hydrogen-bond donors (Lipinski definition) is 4. The number of nitrogens with zero attached hydrogens (tertiary/aromatic N) is 4. The summed E-state index contributed by atoms with van der Waals surface area (Å²) in [6.07, 6.45) is 10.1. The summed E-state index contributed by atoms with van der Waals surface area (Å²) in [4.78, 5) is 9.56. The van der Waals surface area contributed by atoms with Crippen molar-refractivity contribution in [1.82, 2.24) is 18.9 Å². The van der Waals surface area contributed by atoms with Crippen LogP contribution in [0.15, 0.2) is 18.3 Å². The van der Waals surface area contributed by atoms with Gasteiger partial charge in [-0.15, -0.1) is 0 Å². The van der Waals surface area contributed by atoms with E-state index in [2.05, 4.69) is 25.8 Å². The topological polar surface area (TPSA) is 114 Å². The number of rotatable bonds is 8. The molecule has 3 aromatic rings. The van der Waals surface area contributed by atoms with Crippen molar-refractivity contribution >= 4 is 39.3 Å². The van der Waals surface area contributed by atoms with Crippen LogP contribution in [0.25, 0.3) is 11.0 Å². The SMILES string of the molecule is CCN.Cc1cc(Nc2nc(NC3CCCCC3)c3c(ccn3CCCCO)n2)sn1. The van der Waals surface area contributed by atoms with Crippen LogP contribution in [0, 0.1) is 6.92 Å². The standard InChI is InChI=1S/C20H28N6OS.C2H7N/c1-14-13-17(28-25-14)23-20-22-16-9-11-26(10-5-6-12-27)18(16)19(24-20)21-15-7-3-2-4-8-15;1-2-3/h9,11,13,15,27H,2-8,10,12H2,1H3,(H2,21,22,23,24);2-3H2,1H3. The molecule has 1 aliphatic carbocycles. The van der Waals surface area contributed by atoms with Crippen LogP contribution in [0.3, 0.4) is 0 Å². The third kappa shape index (κ3) is 6.62. The zero-order valence-corrected chi connectivity index (χ0v) is 19.4. The van der Waals surface area contributed by atoms with E-state index in [1.54, 1.807) is 0 Å². The number of aliphatic hydroxyl groups excluding tert-OH is 1. The molecule has 1 saturated carbocycles. The van der Waals surface area contributed by atoms with Gasteiger partial charge in [0.1, 0.15) is 10.5 Å². The van der Waals surface area contributed by atoms with Gasteiger partial charge in [0.2, 0.25) is 5.95 Å². The van der Waals surface area contributed by atoms with Crippen molar-refractivity contribution < 1.29 is 5.11 Å². The fourth-order valence-electron chi connectivity index (χ4n) is 3.82. The first-order valence-electron chi connectivity index (χ1n) is 11.3. The molecule has 0 unspecified atom stereocenters. The summed E-state index contributed by atoms with van der Waals surface area (Å²) in [5, 5.41) is 17.1. The Balaban J connectivity index is 0.000000858. The fourth-order valence-corrected chi connectivity index (χ4v) is 4.47. The number of fused-ring (bicyclic) bond motifs is 1. The molecule has 5 N–H and O–H groups in total. The van der Waals surface area contributed by atoms with Crippen molar-refractivity contribution in [2.45, 2.75) is 71.4 Å². The van der Waals surface area contributed by atoms with E-state index >= 15 is 0 Å². The second-order valence-electron chi connectivity index (χ2n) is 7.91. The summed E-state index contributed by atoms with van der Waals surface area (Å²) in [6, 6.07) is 4.52. The highest BCUT2D eigenvalue weighted by molar-refractivity contribution is 7.10. The van der Waals surface area contributed by atoms with Gasteiger partial charge in [0, 0.05) is 25.4 Å². The van der Waals surface area contributed by atoms with Gasteiger partial charge in [-0.1, -0.05) is 26.2 Å². The summed E-state index contributed by atoms with van der Waals surface area (Å²) >= 11 is 1.42. The Morgan fingerprint density at radius 3 is 2.68 bits per heavy atom. The lowest BCUT2D eigenvalue weighted by Gasteiger charge is -2.24. The van der Waals surface area contributed by atoms with Gasteiger partial charge < -0.3 is 26.0 Å². The monoisotopic (exact) mass is 445 g/mol. The van der Waals surface area contributed by atoms with Crippen molar-refractivity contribution in [1.29, 1.82) is 0 Å². The van der Waals surface area contributed by atoms with Crippen LogP contribution in [-0.2, 0) is 6.54 Å². The van der Waals surface area contributed by atoms with Crippen LogP contribution in [0.5, 0.6) is 0 Å². The minimum absolute atomic E-state index is 0.227. The molecule has 31 heavy (non-hydrogen) atoms. The molecular weight excluding hydrogens is 410 g/mol. The van der Waals surface area contributed by atoms with E-state index in [0.717, 1.165) is 53.5 Å². The van der Waals surface area contributed by atoms with Crippen LogP contribution in [0.4, 0.5) is 16.8 Å². The molecule has 4 rings (SSSR count). The second kappa shape index (κ2) is 12.0. The Bertz CT molecular complexity index is 933. The van der Waals surface area contributed by atoms with E-state index in [1.807, 2.05) is 26.0 Å². The highest BCUT2D eigenvalue weighted by Crippen LogP contribution is 2.29. The first-order valence-corrected chi connectivity index (χ1v) is 12.1. The van der Waals surface area contributed by atoms with Gasteiger partial charge in [-0.25, -0.2) is 4.98 Å². The maximum Gasteiger partial charge on any atom is 0.230 e. The lowest BCUT2D eigenvalue weighted by Crippen LogP contribution is -2.23. The van der Waals surface area contributed by atoms with Crippen LogP contribution in [-0.4, -0.2) is 43.2 Å². The first-order chi connectivity index (χ1) is 15.1. The van der Waals surface area contributed by atoms with Crippen molar-refractivity contribution in [3.05, 3.63) is 24.0 Å². The number of nitrogens with two attached hydrogens (primary N) is 1. The summed E-state index contributed by atoms with van der Waals surface area (Å²) in [5.74, 6) is 1.50. The molecule has 170 valence electrons. The van der Waals surface area contributed by atoms with Gasteiger partial charge in [0.25, 0.3) is 0 Å². The average molecular weight is 446 g/mol. The fraction of sp³-hybridized carbons (Fsp3) is 0.591. The van der Waals surface area contributed by atoms with Crippen LogP contribution >= 0.6 is 11.5 Å². The smallest absolute Gasteiger partial charge is 0.230 e. The zero-order chi connectivity index (χ0) is 22.1. The summed E-state index contributed by atoms with van der Waals surface area (Å²) in [6.45, 7) is 5.72. The predicted molar refractivity (Wildman–Crippen MR) is 129 cm³/mol. The number of aliphatic hydroxyl groups is 1. The van der Waals surface area contributed by atoms with Crippen molar-refractivity contribution in [3.8, 4) is 0 Å². The predicted octanol–water partition coefficient (Wildman–Crippen LogP) is 4.42. The molecule has 0 bridgehead atoms. The lowest BCUT2D eigenvalue weighted by molar-refractivity contribution is 0.281. The average Bonchev–Trinajstić information content (AvgIpc) is 3.36. The quantitative estimate of drug-likeness (QED) is 0.379. The molecule has 0 aromatic carbocycles. The number of aromatic nitrogens is 4. The molecule has 1 aliphatic rings. The summed E-state index contributed by atoms with van der Waals surface area (Å²) in [5.41, 5.74) is 7.82. The van der Waals surface area contributed by atoms with Gasteiger partial charge >= 0.3 is 0 Å². The molecule has 0 radical (unpaired) electrons. The van der Waals surface area contributed by atoms with Crippen LogP contribution in [0.2, 0.25) is 0 Å². The highest BCUT2D eigenvalue weighted by Gasteiger charge is 2.18. The normalized spacial score (nSPS) is 14.3. The van der Waals surface area contributed by atoms with Gasteiger partial charge in [-0.05, 0) is 62.8 Å². The minimum Gasteiger partial charge on any atom is -0.396 e. The Kier molecular flexibility index (Phi) is 9.05. The van der Waals surface area contributed by atoms with Gasteiger partial charge in [0.05, 0.1) is 11.2 Å². The van der Waals surface area contributed by atoms with Crippen molar-refractivity contribution in [2.24, 2.45) is 5.73 Å². The number of hydrogen-bond acceptors (Lipinski definition) is 8. The number of anilines is 3. The van der Waals surface area contributed by atoms with Gasteiger partial charge in [-0.2, -0.15) is 9.36 Å². The van der Waals surface area contributed by atoms with Gasteiger partial charge in [-0.3, -0.25) is 0 Å². The van der Waals surface area contributed by atoms with E-state index in [1.165, 1.54) is 43.6 Å². The zero-order valence-electron chi connectivity index (χ0n) is 18.6. The first kappa shape index (κ1) is 23.4. The minimum atomic E-state index is 0.227. The lowest BCUT2D eigenvalue weighted by atomic mass is 9.95. The van der Waals surface area contributed by atoms with E-state index in [0.29, 0.717) is 12.0 Å². The Morgan fingerprint density at radius 2 is 2.00 bits per heavy atom. The maximum absolute atomic E-state index is 9.10. The molecule has 9 heteroatoms. The van der Waals surface area contributed by atoms with Crippen LogP contribution < -0.4 is 16.4 Å². The summed E-state index contributed by atoms with van der Waals surface area (Å²) < 4.78 is 6.53. The molecule has 0 atom stereocenters. The number of aryl methyl sites for hydroxylation is 2. The van der Waals surface area contributed by atoms with Crippen molar-refractivity contribution in [3.63, 3.8) is 0 Å². The maximum atomic E-state index is 9.10. The van der Waals surface area contributed by atoms with Crippen molar-refractivity contribution in [2.75, 3.05) is 23.8 Å². The third-order valence-electron chi connectivity index (χ3n) is 5.23. The number of unbranched alkanes of at least 4 members (excludes halogenated alkanes) is 1. The molecule has 3 aromatic heterocycles. The Hall–Kier alpha value is -2.23.